The molecule has 1 atom stereocenters. The standard InChI is InChI=1S/C16H29N3O2.ClH/c1-18(2)15(21)13-7-6-10-19(13)14(20)11-16(12-17)8-4-3-5-9-16;/h13H,3-12,17H2,1-2H3;1H. The third-order valence-corrected chi connectivity index (χ3v) is 5.17. The molecule has 0 radical (unpaired) electrons. The molecule has 2 fully saturated rings. The molecule has 1 saturated heterocycles. The minimum absolute atomic E-state index is 0. The van der Waals surface area contributed by atoms with Crippen molar-refractivity contribution in [2.24, 2.45) is 11.1 Å². The molecule has 1 unspecified atom stereocenters. The highest BCUT2D eigenvalue weighted by atomic mass is 35.5. The van der Waals surface area contributed by atoms with E-state index in [1.54, 1.807) is 23.9 Å². The van der Waals surface area contributed by atoms with Gasteiger partial charge in [-0.2, -0.15) is 0 Å². The molecule has 0 aromatic heterocycles. The fraction of sp³-hybridized carbons (Fsp3) is 0.875. The molecule has 2 aliphatic rings. The molecule has 2 amide bonds. The fourth-order valence-electron chi connectivity index (χ4n) is 3.80. The molecule has 1 aliphatic heterocycles. The Morgan fingerprint density at radius 2 is 1.82 bits per heavy atom. The Balaban J connectivity index is 0.00000242. The van der Waals surface area contributed by atoms with Crippen molar-refractivity contribution in [2.75, 3.05) is 27.2 Å². The van der Waals surface area contributed by atoms with Gasteiger partial charge in [0.1, 0.15) is 6.04 Å². The molecule has 0 aromatic carbocycles. The summed E-state index contributed by atoms with van der Waals surface area (Å²) in [6.07, 6.45) is 7.92. The van der Waals surface area contributed by atoms with Gasteiger partial charge in [-0.15, -0.1) is 12.4 Å². The molecule has 1 heterocycles. The van der Waals surface area contributed by atoms with Gasteiger partial charge in [0.25, 0.3) is 0 Å². The Morgan fingerprint density at radius 3 is 2.36 bits per heavy atom. The Hall–Kier alpha value is -0.810. The van der Waals surface area contributed by atoms with Crippen LogP contribution in [-0.4, -0.2) is 54.8 Å². The van der Waals surface area contributed by atoms with Crippen LogP contribution in [0.25, 0.3) is 0 Å². The predicted molar refractivity (Wildman–Crippen MR) is 89.9 cm³/mol. The van der Waals surface area contributed by atoms with Crippen molar-refractivity contribution >= 4 is 24.2 Å². The average molecular weight is 332 g/mol. The van der Waals surface area contributed by atoms with Crippen LogP contribution in [0, 0.1) is 5.41 Å². The predicted octanol–water partition coefficient (Wildman–Crippen LogP) is 1.79. The smallest absolute Gasteiger partial charge is 0.244 e. The largest absolute Gasteiger partial charge is 0.347 e. The lowest BCUT2D eigenvalue weighted by atomic mass is 9.71. The van der Waals surface area contributed by atoms with Crippen molar-refractivity contribution in [1.82, 2.24) is 9.80 Å². The van der Waals surface area contributed by atoms with Crippen molar-refractivity contribution in [3.63, 3.8) is 0 Å². The Morgan fingerprint density at radius 1 is 1.18 bits per heavy atom. The van der Waals surface area contributed by atoms with Gasteiger partial charge >= 0.3 is 0 Å². The summed E-state index contributed by atoms with van der Waals surface area (Å²) in [5.41, 5.74) is 5.96. The maximum atomic E-state index is 12.7. The molecule has 0 spiro atoms. The summed E-state index contributed by atoms with van der Waals surface area (Å²) in [5, 5.41) is 0. The number of carbonyl (C=O) groups excluding carboxylic acids is 2. The van der Waals surface area contributed by atoms with Crippen LogP contribution in [0.5, 0.6) is 0 Å². The number of nitrogens with two attached hydrogens (primary N) is 1. The third-order valence-electron chi connectivity index (χ3n) is 5.17. The topological polar surface area (TPSA) is 66.6 Å². The van der Waals surface area contributed by atoms with Crippen LogP contribution in [-0.2, 0) is 9.59 Å². The van der Waals surface area contributed by atoms with E-state index in [1.807, 2.05) is 0 Å². The van der Waals surface area contributed by atoms with E-state index in [0.29, 0.717) is 19.5 Å². The van der Waals surface area contributed by atoms with Crippen molar-refractivity contribution in [3.05, 3.63) is 0 Å². The number of rotatable bonds is 4. The van der Waals surface area contributed by atoms with Crippen LogP contribution < -0.4 is 5.73 Å². The minimum atomic E-state index is -0.258. The zero-order valence-electron chi connectivity index (χ0n) is 13.8. The van der Waals surface area contributed by atoms with E-state index in [2.05, 4.69) is 0 Å². The van der Waals surface area contributed by atoms with Gasteiger partial charge in [-0.25, -0.2) is 0 Å². The molecule has 6 heteroatoms. The van der Waals surface area contributed by atoms with Gasteiger partial charge in [-0.1, -0.05) is 19.3 Å². The van der Waals surface area contributed by atoms with Crippen LogP contribution in [0.1, 0.15) is 51.4 Å². The Labute approximate surface area is 140 Å². The molecule has 0 aromatic rings. The number of nitrogens with zero attached hydrogens (tertiary/aromatic N) is 2. The summed E-state index contributed by atoms with van der Waals surface area (Å²) in [4.78, 5) is 28.3. The van der Waals surface area contributed by atoms with Crippen LogP contribution in [0.3, 0.4) is 0 Å². The number of hydrogen-bond acceptors (Lipinski definition) is 3. The molecule has 0 bridgehead atoms. The highest BCUT2D eigenvalue weighted by Gasteiger charge is 2.39. The molecular weight excluding hydrogens is 302 g/mol. The lowest BCUT2D eigenvalue weighted by Crippen LogP contribution is -2.47. The summed E-state index contributed by atoms with van der Waals surface area (Å²) in [6, 6.07) is -0.258. The first kappa shape index (κ1) is 19.2. The fourth-order valence-corrected chi connectivity index (χ4v) is 3.80. The number of hydrogen-bond donors (Lipinski definition) is 1. The summed E-state index contributed by atoms with van der Waals surface area (Å²) in [5.74, 6) is 0.173. The van der Waals surface area contributed by atoms with Crippen molar-refractivity contribution in [3.8, 4) is 0 Å². The maximum absolute atomic E-state index is 12.7. The van der Waals surface area contributed by atoms with Crippen molar-refractivity contribution in [2.45, 2.75) is 57.4 Å². The first-order valence-corrected chi connectivity index (χ1v) is 8.20. The highest BCUT2D eigenvalue weighted by Crippen LogP contribution is 2.39. The number of halogens is 1. The minimum Gasteiger partial charge on any atom is -0.347 e. The molecule has 1 aliphatic carbocycles. The SMILES string of the molecule is CN(C)C(=O)C1CCCN1C(=O)CC1(CN)CCCCC1.Cl. The Bertz CT molecular complexity index is 395. The van der Waals surface area contributed by atoms with Gasteiger partial charge in [0.2, 0.25) is 11.8 Å². The van der Waals surface area contributed by atoms with E-state index in [9.17, 15) is 9.59 Å². The number of carbonyl (C=O) groups is 2. The number of likely N-dealkylation sites (tertiary alicyclic amines) is 1. The maximum Gasteiger partial charge on any atom is 0.244 e. The second-order valence-electron chi connectivity index (χ2n) is 6.92. The van der Waals surface area contributed by atoms with Gasteiger partial charge in [0.15, 0.2) is 0 Å². The second kappa shape index (κ2) is 8.16. The molecule has 5 nitrogen and oxygen atoms in total. The monoisotopic (exact) mass is 331 g/mol. The third kappa shape index (κ3) is 4.13. The Kier molecular flexibility index (Phi) is 7.13. The van der Waals surface area contributed by atoms with Crippen LogP contribution in [0.15, 0.2) is 0 Å². The van der Waals surface area contributed by atoms with E-state index < -0.39 is 0 Å². The van der Waals surface area contributed by atoms with Gasteiger partial charge in [-0.05, 0) is 37.6 Å². The molecule has 2 N–H and O–H groups in total. The van der Waals surface area contributed by atoms with Gasteiger partial charge in [-0.3, -0.25) is 9.59 Å². The van der Waals surface area contributed by atoms with E-state index in [-0.39, 0.29) is 35.7 Å². The highest BCUT2D eigenvalue weighted by molar-refractivity contribution is 5.88. The quantitative estimate of drug-likeness (QED) is 0.854. The second-order valence-corrected chi connectivity index (χ2v) is 6.92. The van der Waals surface area contributed by atoms with E-state index in [1.165, 1.54) is 19.3 Å². The van der Waals surface area contributed by atoms with E-state index in [4.69, 9.17) is 5.73 Å². The van der Waals surface area contributed by atoms with Crippen LogP contribution >= 0.6 is 12.4 Å². The first-order chi connectivity index (χ1) is 9.99. The average Bonchev–Trinajstić information content (AvgIpc) is 2.96. The van der Waals surface area contributed by atoms with E-state index >= 15 is 0 Å². The molecule has 2 rings (SSSR count). The number of likely N-dealkylation sites (N-methyl/N-ethyl adjacent to an activating group) is 1. The summed E-state index contributed by atoms with van der Waals surface area (Å²) in [7, 11) is 3.51. The van der Waals surface area contributed by atoms with E-state index in [0.717, 1.165) is 25.7 Å². The van der Waals surface area contributed by atoms with Crippen LogP contribution in [0.2, 0.25) is 0 Å². The number of amides is 2. The zero-order chi connectivity index (χ0) is 15.5. The summed E-state index contributed by atoms with van der Waals surface area (Å²) < 4.78 is 0. The first-order valence-electron chi connectivity index (χ1n) is 8.20. The molecule has 22 heavy (non-hydrogen) atoms. The summed E-state index contributed by atoms with van der Waals surface area (Å²) in [6.45, 7) is 1.29. The van der Waals surface area contributed by atoms with Crippen molar-refractivity contribution < 1.29 is 9.59 Å². The van der Waals surface area contributed by atoms with Gasteiger partial charge < -0.3 is 15.5 Å². The van der Waals surface area contributed by atoms with Crippen LogP contribution in [0.4, 0.5) is 0 Å². The zero-order valence-corrected chi connectivity index (χ0v) is 14.7. The van der Waals surface area contributed by atoms with Gasteiger partial charge in [0.05, 0.1) is 0 Å². The molecule has 1 saturated carbocycles. The lowest BCUT2D eigenvalue weighted by Gasteiger charge is -2.37. The molecule has 128 valence electrons. The van der Waals surface area contributed by atoms with Gasteiger partial charge in [0, 0.05) is 27.1 Å². The summed E-state index contributed by atoms with van der Waals surface area (Å²) >= 11 is 0. The normalized spacial score (nSPS) is 23.8. The molecular formula is C16H30ClN3O2. The lowest BCUT2D eigenvalue weighted by molar-refractivity contribution is -0.144. The van der Waals surface area contributed by atoms with Crippen molar-refractivity contribution in [1.29, 1.82) is 0 Å².